The third-order valence-electron chi connectivity index (χ3n) is 3.70. The van der Waals surface area contributed by atoms with Gasteiger partial charge in [-0.05, 0) is 24.6 Å². The first-order valence-electron chi connectivity index (χ1n) is 6.18. The summed E-state index contributed by atoms with van der Waals surface area (Å²) in [5.74, 6) is -2.09. The highest BCUT2D eigenvalue weighted by molar-refractivity contribution is 5.91. The predicted molar refractivity (Wildman–Crippen MR) is 68.8 cm³/mol. The minimum atomic E-state index is -0.973. The van der Waals surface area contributed by atoms with Crippen molar-refractivity contribution in [2.75, 3.05) is 23.3 Å². The monoisotopic (exact) mass is 262 g/mol. The number of carbonyl (C=O) groups is 2. The SMILES string of the molecule is O=C(O)c1ccc2c(c1)N(C1CC1C(=O)O)CCN2. The van der Waals surface area contributed by atoms with Gasteiger partial charge in [0.15, 0.2) is 0 Å². The van der Waals surface area contributed by atoms with E-state index in [9.17, 15) is 9.59 Å². The Labute approximate surface area is 109 Å². The molecule has 0 amide bonds. The second kappa shape index (κ2) is 4.15. The van der Waals surface area contributed by atoms with Crippen LogP contribution in [0.1, 0.15) is 16.8 Å². The molecule has 1 fully saturated rings. The van der Waals surface area contributed by atoms with Crippen molar-refractivity contribution < 1.29 is 19.8 Å². The van der Waals surface area contributed by atoms with Crippen molar-refractivity contribution in [3.05, 3.63) is 23.8 Å². The van der Waals surface area contributed by atoms with Crippen molar-refractivity contribution in [3.8, 4) is 0 Å². The van der Waals surface area contributed by atoms with E-state index in [0.29, 0.717) is 13.0 Å². The van der Waals surface area contributed by atoms with Crippen molar-refractivity contribution in [1.29, 1.82) is 0 Å². The van der Waals surface area contributed by atoms with Crippen LogP contribution in [0.2, 0.25) is 0 Å². The first kappa shape index (κ1) is 11.8. The van der Waals surface area contributed by atoms with Crippen molar-refractivity contribution in [2.24, 2.45) is 5.92 Å². The highest BCUT2D eigenvalue weighted by Crippen LogP contribution is 2.42. The molecule has 6 heteroatoms. The van der Waals surface area contributed by atoms with E-state index in [1.54, 1.807) is 18.2 Å². The molecule has 1 aliphatic heterocycles. The van der Waals surface area contributed by atoms with Gasteiger partial charge in [0.05, 0.1) is 22.9 Å². The van der Waals surface area contributed by atoms with Gasteiger partial charge in [-0.15, -0.1) is 0 Å². The van der Waals surface area contributed by atoms with Gasteiger partial charge >= 0.3 is 11.9 Å². The molecule has 100 valence electrons. The summed E-state index contributed by atoms with van der Waals surface area (Å²) in [7, 11) is 0. The number of nitrogens with one attached hydrogen (secondary N) is 1. The molecule has 0 aromatic heterocycles. The molecule has 0 saturated heterocycles. The van der Waals surface area contributed by atoms with E-state index in [2.05, 4.69) is 5.32 Å². The van der Waals surface area contributed by atoms with Gasteiger partial charge < -0.3 is 20.4 Å². The second-order valence-electron chi connectivity index (χ2n) is 4.91. The number of carboxylic acid groups (broad SMARTS) is 2. The Morgan fingerprint density at radius 2 is 2.11 bits per heavy atom. The first-order valence-corrected chi connectivity index (χ1v) is 6.18. The molecule has 3 rings (SSSR count). The molecule has 0 radical (unpaired) electrons. The van der Waals surface area contributed by atoms with Crippen LogP contribution >= 0.6 is 0 Å². The van der Waals surface area contributed by atoms with Crippen LogP contribution in [0.3, 0.4) is 0 Å². The molecule has 6 nitrogen and oxygen atoms in total. The number of anilines is 2. The maximum absolute atomic E-state index is 11.0. The third-order valence-corrected chi connectivity index (χ3v) is 3.70. The van der Waals surface area contributed by atoms with Crippen LogP contribution in [0.25, 0.3) is 0 Å². The average Bonchev–Trinajstić information content (AvgIpc) is 3.17. The molecular weight excluding hydrogens is 248 g/mol. The van der Waals surface area contributed by atoms with Crippen LogP contribution in [0.4, 0.5) is 11.4 Å². The van der Waals surface area contributed by atoms with Crippen LogP contribution in [-0.2, 0) is 4.79 Å². The molecule has 2 unspecified atom stereocenters. The molecule has 1 saturated carbocycles. The number of nitrogens with zero attached hydrogens (tertiary/aromatic N) is 1. The largest absolute Gasteiger partial charge is 0.481 e. The minimum absolute atomic E-state index is 0.0117. The van der Waals surface area contributed by atoms with Gasteiger partial charge in [-0.2, -0.15) is 0 Å². The fourth-order valence-corrected chi connectivity index (χ4v) is 2.62. The van der Waals surface area contributed by atoms with Gasteiger partial charge in [0.2, 0.25) is 0 Å². The Kier molecular flexibility index (Phi) is 2.58. The topological polar surface area (TPSA) is 89.9 Å². The summed E-state index contributed by atoms with van der Waals surface area (Å²) in [6.07, 6.45) is 0.631. The number of fused-ring (bicyclic) bond motifs is 1. The van der Waals surface area contributed by atoms with E-state index < -0.39 is 11.9 Å². The number of aromatic carboxylic acids is 1. The number of hydrogen-bond acceptors (Lipinski definition) is 4. The minimum Gasteiger partial charge on any atom is -0.481 e. The molecule has 1 aromatic carbocycles. The molecule has 2 aliphatic rings. The summed E-state index contributed by atoms with van der Waals surface area (Å²) in [5, 5.41) is 21.2. The van der Waals surface area contributed by atoms with Crippen molar-refractivity contribution in [2.45, 2.75) is 12.5 Å². The van der Waals surface area contributed by atoms with Gasteiger partial charge in [0, 0.05) is 19.1 Å². The molecule has 19 heavy (non-hydrogen) atoms. The fraction of sp³-hybridized carbons (Fsp3) is 0.385. The smallest absolute Gasteiger partial charge is 0.335 e. The molecule has 2 atom stereocenters. The van der Waals surface area contributed by atoms with E-state index in [0.717, 1.165) is 17.9 Å². The zero-order chi connectivity index (χ0) is 13.6. The highest BCUT2D eigenvalue weighted by atomic mass is 16.4. The van der Waals surface area contributed by atoms with E-state index in [4.69, 9.17) is 10.2 Å². The van der Waals surface area contributed by atoms with Crippen molar-refractivity contribution in [3.63, 3.8) is 0 Å². The quantitative estimate of drug-likeness (QED) is 0.755. The van der Waals surface area contributed by atoms with Gasteiger partial charge in [0.25, 0.3) is 0 Å². The van der Waals surface area contributed by atoms with Gasteiger partial charge in [0.1, 0.15) is 0 Å². The number of hydrogen-bond donors (Lipinski definition) is 3. The zero-order valence-electron chi connectivity index (χ0n) is 10.2. The van der Waals surface area contributed by atoms with Crippen LogP contribution in [0.15, 0.2) is 18.2 Å². The van der Waals surface area contributed by atoms with Crippen LogP contribution in [-0.4, -0.2) is 41.3 Å². The van der Waals surface area contributed by atoms with E-state index in [1.165, 1.54) is 0 Å². The van der Waals surface area contributed by atoms with Crippen molar-refractivity contribution >= 4 is 23.3 Å². The fourth-order valence-electron chi connectivity index (χ4n) is 2.62. The Bertz CT molecular complexity index is 558. The summed E-state index contributed by atoms with van der Waals surface area (Å²) in [6.45, 7) is 1.44. The third kappa shape index (κ3) is 1.99. The molecule has 1 aromatic rings. The van der Waals surface area contributed by atoms with Crippen molar-refractivity contribution in [1.82, 2.24) is 0 Å². The maximum atomic E-state index is 11.0. The summed E-state index contributed by atoms with van der Waals surface area (Å²) in [5.41, 5.74) is 1.88. The van der Waals surface area contributed by atoms with Crippen LogP contribution in [0.5, 0.6) is 0 Å². The summed E-state index contributed by atoms with van der Waals surface area (Å²) >= 11 is 0. The molecule has 1 heterocycles. The lowest BCUT2D eigenvalue weighted by atomic mass is 10.1. The van der Waals surface area contributed by atoms with Crippen LogP contribution < -0.4 is 10.2 Å². The second-order valence-corrected chi connectivity index (χ2v) is 4.91. The van der Waals surface area contributed by atoms with Crippen LogP contribution in [0, 0.1) is 5.92 Å². The zero-order valence-corrected chi connectivity index (χ0v) is 10.2. The average molecular weight is 262 g/mol. The Hall–Kier alpha value is -2.24. The van der Waals surface area contributed by atoms with Gasteiger partial charge in [-0.25, -0.2) is 4.79 Å². The van der Waals surface area contributed by atoms with Gasteiger partial charge in [-0.1, -0.05) is 0 Å². The lowest BCUT2D eigenvalue weighted by molar-refractivity contribution is -0.138. The lowest BCUT2D eigenvalue weighted by Gasteiger charge is -2.32. The van der Waals surface area contributed by atoms with E-state index >= 15 is 0 Å². The van der Waals surface area contributed by atoms with E-state index in [1.807, 2.05) is 4.90 Å². The maximum Gasteiger partial charge on any atom is 0.335 e. The van der Waals surface area contributed by atoms with E-state index in [-0.39, 0.29) is 17.5 Å². The molecule has 0 bridgehead atoms. The Morgan fingerprint density at radius 3 is 2.74 bits per heavy atom. The molecule has 3 N–H and O–H groups in total. The predicted octanol–water partition coefficient (Wildman–Crippen LogP) is 1.09. The lowest BCUT2D eigenvalue weighted by Crippen LogP contribution is -2.37. The number of rotatable bonds is 3. The number of aliphatic carboxylic acids is 1. The Balaban J connectivity index is 1.93. The number of carboxylic acids is 2. The first-order chi connectivity index (χ1) is 9.08. The van der Waals surface area contributed by atoms with Gasteiger partial charge in [-0.3, -0.25) is 4.79 Å². The molecular formula is C13H14N2O4. The summed E-state index contributed by atoms with van der Waals surface area (Å²) in [4.78, 5) is 24.0. The molecule has 1 aliphatic carbocycles. The normalized spacial score (nSPS) is 24.3. The summed E-state index contributed by atoms with van der Waals surface area (Å²) < 4.78 is 0. The summed E-state index contributed by atoms with van der Waals surface area (Å²) in [6, 6.07) is 4.89. The Morgan fingerprint density at radius 1 is 1.32 bits per heavy atom. The highest BCUT2D eigenvalue weighted by Gasteiger charge is 2.48. The standard InChI is InChI=1S/C13H14N2O4/c16-12(17)7-1-2-9-11(5-7)15(4-3-14-9)10-6-8(10)13(18)19/h1-2,5,8,10,14H,3-4,6H2,(H,16,17)(H,18,19). The molecule has 0 spiro atoms. The number of benzene rings is 1.